The normalized spacial score (nSPS) is 11.7. The van der Waals surface area contributed by atoms with E-state index in [2.05, 4.69) is 80.4 Å². The molecule has 0 bridgehead atoms. The van der Waals surface area contributed by atoms with Gasteiger partial charge in [-0.05, 0) is 18.6 Å². The number of aromatic nitrogens is 3. The van der Waals surface area contributed by atoms with Crippen LogP contribution in [-0.4, -0.2) is 33.8 Å². The van der Waals surface area contributed by atoms with E-state index in [0.717, 1.165) is 28.6 Å². The van der Waals surface area contributed by atoms with E-state index in [1.165, 1.54) is 5.56 Å². The van der Waals surface area contributed by atoms with Gasteiger partial charge in [-0.25, -0.2) is 4.99 Å². The average Bonchev–Trinajstić information content (AvgIpc) is 2.93. The van der Waals surface area contributed by atoms with Gasteiger partial charge < -0.3 is 15.2 Å². The highest BCUT2D eigenvalue weighted by atomic mass is 127. The van der Waals surface area contributed by atoms with Crippen LogP contribution in [0.25, 0.3) is 0 Å². The van der Waals surface area contributed by atoms with Gasteiger partial charge in [0.05, 0.1) is 0 Å². The first-order chi connectivity index (χ1) is 12.3. The molecule has 0 unspecified atom stereocenters. The van der Waals surface area contributed by atoms with E-state index >= 15 is 0 Å². The molecule has 1 aromatic carbocycles. The lowest BCUT2D eigenvalue weighted by molar-refractivity contribution is 0.506. The molecule has 0 radical (unpaired) electrons. The Morgan fingerprint density at radius 1 is 1.30 bits per heavy atom. The molecule has 0 saturated heterocycles. The van der Waals surface area contributed by atoms with Crippen molar-refractivity contribution in [3.8, 4) is 0 Å². The smallest absolute Gasteiger partial charge is 0.191 e. The van der Waals surface area contributed by atoms with Crippen LogP contribution in [0, 0.1) is 6.92 Å². The Bertz CT molecular complexity index is 784. The van der Waals surface area contributed by atoms with E-state index in [1.54, 1.807) is 0 Å². The van der Waals surface area contributed by atoms with Crippen molar-refractivity contribution in [2.45, 2.75) is 32.7 Å². The number of nitrogens with one attached hydrogen (secondary N) is 2. The summed E-state index contributed by atoms with van der Waals surface area (Å²) < 4.78 is 3.05. The van der Waals surface area contributed by atoms with E-state index in [-0.39, 0.29) is 29.4 Å². The second-order valence-corrected chi connectivity index (χ2v) is 7.63. The molecular formula is C19H28BrIN6. The second kappa shape index (κ2) is 10.8. The molecule has 1 heterocycles. The van der Waals surface area contributed by atoms with Gasteiger partial charge in [0.1, 0.15) is 12.4 Å². The predicted octanol–water partition coefficient (Wildman–Crippen LogP) is 3.70. The summed E-state index contributed by atoms with van der Waals surface area (Å²) in [6.07, 6.45) is 1.81. The molecule has 0 amide bonds. The summed E-state index contributed by atoms with van der Waals surface area (Å²) in [5, 5.41) is 14.9. The van der Waals surface area contributed by atoms with Gasteiger partial charge in [-0.1, -0.05) is 54.1 Å². The molecule has 2 aromatic rings. The van der Waals surface area contributed by atoms with E-state index < -0.39 is 0 Å². The largest absolute Gasteiger partial charge is 0.356 e. The van der Waals surface area contributed by atoms with Gasteiger partial charge in [-0.15, -0.1) is 40.8 Å². The molecular weight excluding hydrogens is 519 g/mol. The molecule has 6 nitrogen and oxygen atoms in total. The standard InChI is InChI=1S/C19H27BrN6.HI/c1-6-11-21-18(22-12-17-25-24-14(2)26(17)5)23-13-19(3,4)15-9-7-8-10-16(15)20;/h6-10H,1,11-13H2,2-5H3,(H2,21,22,23);1H. The van der Waals surface area contributed by atoms with Crippen LogP contribution in [0.1, 0.15) is 31.1 Å². The summed E-state index contributed by atoms with van der Waals surface area (Å²) >= 11 is 3.65. The summed E-state index contributed by atoms with van der Waals surface area (Å²) in [6.45, 7) is 11.9. The summed E-state index contributed by atoms with van der Waals surface area (Å²) in [6, 6.07) is 8.29. The molecule has 0 saturated carbocycles. The van der Waals surface area contributed by atoms with Crippen molar-refractivity contribution in [2.24, 2.45) is 12.0 Å². The molecule has 0 aliphatic carbocycles. The summed E-state index contributed by atoms with van der Waals surface area (Å²) in [5.41, 5.74) is 1.18. The highest BCUT2D eigenvalue weighted by Gasteiger charge is 2.23. The maximum atomic E-state index is 4.64. The van der Waals surface area contributed by atoms with Gasteiger partial charge in [0.15, 0.2) is 11.8 Å². The Balaban J connectivity index is 0.00000364. The number of halogens is 2. The minimum absolute atomic E-state index is 0. The number of guanidine groups is 1. The number of benzene rings is 1. The maximum absolute atomic E-state index is 4.64. The monoisotopic (exact) mass is 546 g/mol. The molecule has 8 heteroatoms. The number of rotatable bonds is 7. The zero-order valence-corrected chi connectivity index (χ0v) is 20.2. The molecule has 148 valence electrons. The SMILES string of the molecule is C=CCNC(=NCc1nnc(C)n1C)NCC(C)(C)c1ccccc1Br.I. The fourth-order valence-electron chi connectivity index (χ4n) is 2.49. The van der Waals surface area contributed by atoms with Crippen LogP contribution >= 0.6 is 39.9 Å². The Labute approximate surface area is 187 Å². The minimum atomic E-state index is -0.0713. The third-order valence-electron chi connectivity index (χ3n) is 4.28. The zero-order chi connectivity index (χ0) is 19.2. The van der Waals surface area contributed by atoms with Gasteiger partial charge >= 0.3 is 0 Å². The summed E-state index contributed by atoms with van der Waals surface area (Å²) in [4.78, 5) is 4.64. The van der Waals surface area contributed by atoms with Crippen molar-refractivity contribution in [1.82, 2.24) is 25.4 Å². The van der Waals surface area contributed by atoms with Gasteiger partial charge in [-0.3, -0.25) is 0 Å². The molecule has 2 N–H and O–H groups in total. The Kier molecular flexibility index (Phi) is 9.44. The highest BCUT2D eigenvalue weighted by Crippen LogP contribution is 2.29. The van der Waals surface area contributed by atoms with E-state index in [1.807, 2.05) is 30.7 Å². The Morgan fingerprint density at radius 2 is 2.00 bits per heavy atom. The van der Waals surface area contributed by atoms with Crippen molar-refractivity contribution in [3.05, 3.63) is 58.6 Å². The number of nitrogens with zero attached hydrogens (tertiary/aromatic N) is 4. The molecule has 0 spiro atoms. The molecule has 0 aliphatic heterocycles. The van der Waals surface area contributed by atoms with Crippen molar-refractivity contribution < 1.29 is 0 Å². The Morgan fingerprint density at radius 3 is 2.59 bits per heavy atom. The average molecular weight is 547 g/mol. The van der Waals surface area contributed by atoms with Crippen LogP contribution in [-0.2, 0) is 19.0 Å². The van der Waals surface area contributed by atoms with Crippen molar-refractivity contribution in [3.63, 3.8) is 0 Å². The number of hydrogen-bond donors (Lipinski definition) is 2. The summed E-state index contributed by atoms with van der Waals surface area (Å²) in [5.74, 6) is 2.43. The molecule has 27 heavy (non-hydrogen) atoms. The maximum Gasteiger partial charge on any atom is 0.191 e. The lowest BCUT2D eigenvalue weighted by atomic mass is 9.84. The van der Waals surface area contributed by atoms with Crippen molar-refractivity contribution in [1.29, 1.82) is 0 Å². The first-order valence-electron chi connectivity index (χ1n) is 8.58. The van der Waals surface area contributed by atoms with Crippen LogP contribution in [0.2, 0.25) is 0 Å². The van der Waals surface area contributed by atoms with Crippen molar-refractivity contribution >= 4 is 45.9 Å². The fraction of sp³-hybridized carbons (Fsp3) is 0.421. The minimum Gasteiger partial charge on any atom is -0.356 e. The van der Waals surface area contributed by atoms with Gasteiger partial charge in [-0.2, -0.15) is 0 Å². The topological polar surface area (TPSA) is 67.1 Å². The van der Waals surface area contributed by atoms with Gasteiger partial charge in [0.2, 0.25) is 0 Å². The first kappa shape index (κ1) is 23.6. The molecule has 0 fully saturated rings. The van der Waals surface area contributed by atoms with Crippen LogP contribution in [0.4, 0.5) is 0 Å². The third-order valence-corrected chi connectivity index (χ3v) is 4.97. The van der Waals surface area contributed by atoms with Crippen LogP contribution in [0.3, 0.4) is 0 Å². The van der Waals surface area contributed by atoms with E-state index in [4.69, 9.17) is 0 Å². The van der Waals surface area contributed by atoms with Gasteiger partial charge in [0, 0.05) is 30.0 Å². The Hall–Kier alpha value is -1.42. The third kappa shape index (κ3) is 6.60. The number of hydrogen-bond acceptors (Lipinski definition) is 3. The highest BCUT2D eigenvalue weighted by molar-refractivity contribution is 14.0. The van der Waals surface area contributed by atoms with Crippen molar-refractivity contribution in [2.75, 3.05) is 13.1 Å². The van der Waals surface area contributed by atoms with E-state index in [0.29, 0.717) is 13.1 Å². The molecule has 0 atom stereocenters. The molecule has 1 aromatic heterocycles. The molecule has 0 aliphatic rings. The lowest BCUT2D eigenvalue weighted by Crippen LogP contribution is -2.43. The number of aryl methyl sites for hydroxylation is 1. The second-order valence-electron chi connectivity index (χ2n) is 6.77. The van der Waals surface area contributed by atoms with Crippen LogP contribution in [0.5, 0.6) is 0 Å². The fourth-order valence-corrected chi connectivity index (χ4v) is 3.31. The van der Waals surface area contributed by atoms with Gasteiger partial charge in [0.25, 0.3) is 0 Å². The quantitative estimate of drug-likeness (QED) is 0.240. The van der Waals surface area contributed by atoms with E-state index in [9.17, 15) is 0 Å². The number of aliphatic imine (C=N–C) groups is 1. The predicted molar refractivity (Wildman–Crippen MR) is 126 cm³/mol. The van der Waals surface area contributed by atoms with Crippen LogP contribution < -0.4 is 10.6 Å². The zero-order valence-electron chi connectivity index (χ0n) is 16.3. The van der Waals surface area contributed by atoms with Crippen LogP contribution in [0.15, 0.2) is 46.4 Å². The first-order valence-corrected chi connectivity index (χ1v) is 9.37. The summed E-state index contributed by atoms with van der Waals surface area (Å²) in [7, 11) is 1.94. The lowest BCUT2D eigenvalue weighted by Gasteiger charge is -2.27. The molecule has 2 rings (SSSR count).